The lowest BCUT2D eigenvalue weighted by atomic mass is 9.96. The second kappa shape index (κ2) is 10.6. The third kappa shape index (κ3) is 8.42. The average Bonchev–Trinajstić information content (AvgIpc) is 2.57. The van der Waals surface area contributed by atoms with Gasteiger partial charge in [-0.3, -0.25) is 9.79 Å². The van der Waals surface area contributed by atoms with Crippen LogP contribution in [0.3, 0.4) is 0 Å². The molecule has 0 aliphatic carbocycles. The number of benzene rings is 1. The summed E-state index contributed by atoms with van der Waals surface area (Å²) >= 11 is 0. The number of hydrogen-bond acceptors (Lipinski definition) is 3. The summed E-state index contributed by atoms with van der Waals surface area (Å²) < 4.78 is 5.72. The van der Waals surface area contributed by atoms with Crippen LogP contribution in [0.5, 0.6) is 5.75 Å². The van der Waals surface area contributed by atoms with Gasteiger partial charge < -0.3 is 20.3 Å². The molecule has 1 aromatic carbocycles. The van der Waals surface area contributed by atoms with Crippen LogP contribution in [0.2, 0.25) is 0 Å². The Morgan fingerprint density at radius 3 is 2.48 bits per heavy atom. The molecule has 0 radical (unpaired) electrons. The van der Waals surface area contributed by atoms with E-state index in [-0.39, 0.29) is 11.3 Å². The molecule has 0 aromatic heterocycles. The molecule has 0 aliphatic heterocycles. The zero-order valence-corrected chi connectivity index (χ0v) is 16.1. The van der Waals surface area contributed by atoms with E-state index >= 15 is 0 Å². The summed E-state index contributed by atoms with van der Waals surface area (Å²) in [6.45, 7) is 10.9. The van der Waals surface area contributed by atoms with Crippen molar-refractivity contribution in [2.45, 2.75) is 27.7 Å². The van der Waals surface area contributed by atoms with Gasteiger partial charge in [-0.05, 0) is 19.1 Å². The molecule has 25 heavy (non-hydrogen) atoms. The monoisotopic (exact) mass is 348 g/mol. The van der Waals surface area contributed by atoms with E-state index in [1.807, 2.05) is 70.0 Å². The van der Waals surface area contributed by atoms with Crippen LogP contribution in [0, 0.1) is 5.41 Å². The minimum absolute atomic E-state index is 0.0392. The fourth-order valence-corrected chi connectivity index (χ4v) is 1.99. The smallest absolute Gasteiger partial charge is 0.225 e. The normalized spacial score (nSPS) is 11.8. The number of amides is 1. The number of ether oxygens (including phenoxy) is 1. The highest BCUT2D eigenvalue weighted by atomic mass is 16.5. The summed E-state index contributed by atoms with van der Waals surface area (Å²) in [6, 6.07) is 9.76. The molecule has 0 fully saturated rings. The van der Waals surface area contributed by atoms with Gasteiger partial charge in [0.1, 0.15) is 12.4 Å². The number of para-hydroxylation sites is 1. The zero-order chi connectivity index (χ0) is 18.7. The molecule has 6 nitrogen and oxygen atoms in total. The molecule has 0 aliphatic rings. The Morgan fingerprint density at radius 2 is 1.88 bits per heavy atom. The second-order valence-corrected chi connectivity index (χ2v) is 6.82. The molecule has 1 aromatic rings. The lowest BCUT2D eigenvalue weighted by Gasteiger charge is -2.22. The Labute approximate surface area is 151 Å². The first kappa shape index (κ1) is 20.8. The van der Waals surface area contributed by atoms with Crippen LogP contribution >= 0.6 is 0 Å². The first-order valence-corrected chi connectivity index (χ1v) is 8.80. The van der Waals surface area contributed by atoms with Gasteiger partial charge in [0.25, 0.3) is 0 Å². The van der Waals surface area contributed by atoms with Crippen LogP contribution in [-0.4, -0.2) is 56.6 Å². The molecule has 0 saturated heterocycles. The standard InChI is InChI=1S/C19H32N4O2/c1-6-20-18(22-13-12-21-17(24)19(2,3)4)23(5)14-15-25-16-10-8-7-9-11-16/h7-11H,6,12-15H2,1-5H3,(H,20,22)(H,21,24). The highest BCUT2D eigenvalue weighted by molar-refractivity contribution is 5.81. The fraction of sp³-hybridized carbons (Fsp3) is 0.579. The highest BCUT2D eigenvalue weighted by Gasteiger charge is 2.20. The van der Waals surface area contributed by atoms with Crippen LogP contribution in [0.4, 0.5) is 0 Å². The van der Waals surface area contributed by atoms with Gasteiger partial charge in [0.2, 0.25) is 5.91 Å². The Morgan fingerprint density at radius 1 is 1.20 bits per heavy atom. The van der Waals surface area contributed by atoms with Gasteiger partial charge in [-0.2, -0.15) is 0 Å². The number of nitrogens with one attached hydrogen (secondary N) is 2. The van der Waals surface area contributed by atoms with E-state index in [9.17, 15) is 4.79 Å². The molecule has 0 bridgehead atoms. The molecule has 0 saturated carbocycles. The van der Waals surface area contributed by atoms with Crippen LogP contribution in [0.15, 0.2) is 35.3 Å². The number of nitrogens with zero attached hydrogens (tertiary/aromatic N) is 2. The maximum atomic E-state index is 11.8. The van der Waals surface area contributed by atoms with E-state index in [0.29, 0.717) is 19.7 Å². The SMILES string of the molecule is CCNC(=NCCNC(=O)C(C)(C)C)N(C)CCOc1ccccc1. The van der Waals surface area contributed by atoms with Crippen molar-refractivity contribution in [3.63, 3.8) is 0 Å². The van der Waals surface area contributed by atoms with Crippen molar-refractivity contribution in [2.75, 3.05) is 39.8 Å². The minimum atomic E-state index is -0.375. The number of likely N-dealkylation sites (N-methyl/N-ethyl adjacent to an activating group) is 1. The Bertz CT molecular complexity index is 538. The van der Waals surface area contributed by atoms with Crippen LogP contribution in [0.1, 0.15) is 27.7 Å². The molecule has 2 N–H and O–H groups in total. The Balaban J connectivity index is 2.41. The first-order valence-electron chi connectivity index (χ1n) is 8.80. The lowest BCUT2D eigenvalue weighted by Crippen LogP contribution is -2.41. The van der Waals surface area contributed by atoms with E-state index in [1.54, 1.807) is 0 Å². The summed E-state index contributed by atoms with van der Waals surface area (Å²) in [5.41, 5.74) is -0.375. The third-order valence-corrected chi connectivity index (χ3v) is 3.48. The van der Waals surface area contributed by atoms with Crippen molar-refractivity contribution in [1.29, 1.82) is 0 Å². The molecule has 1 rings (SSSR count). The number of guanidine groups is 1. The first-order chi connectivity index (χ1) is 11.8. The van der Waals surface area contributed by atoms with Crippen molar-refractivity contribution < 1.29 is 9.53 Å². The number of aliphatic imine (C=N–C) groups is 1. The summed E-state index contributed by atoms with van der Waals surface area (Å²) in [4.78, 5) is 18.4. The largest absolute Gasteiger partial charge is 0.492 e. The van der Waals surface area contributed by atoms with Crippen molar-refractivity contribution in [2.24, 2.45) is 10.4 Å². The van der Waals surface area contributed by atoms with Crippen molar-refractivity contribution in [3.8, 4) is 5.75 Å². The van der Waals surface area contributed by atoms with Gasteiger partial charge >= 0.3 is 0 Å². The maximum absolute atomic E-state index is 11.8. The predicted molar refractivity (Wildman–Crippen MR) is 103 cm³/mol. The fourth-order valence-electron chi connectivity index (χ4n) is 1.99. The Kier molecular flexibility index (Phi) is 8.81. The van der Waals surface area contributed by atoms with Gasteiger partial charge in [-0.25, -0.2) is 0 Å². The van der Waals surface area contributed by atoms with E-state index in [4.69, 9.17) is 4.74 Å². The molecule has 1 amide bonds. The quantitative estimate of drug-likeness (QED) is 0.429. The second-order valence-electron chi connectivity index (χ2n) is 6.82. The predicted octanol–water partition coefficient (Wildman–Crippen LogP) is 2.12. The summed E-state index contributed by atoms with van der Waals surface area (Å²) in [7, 11) is 1.98. The van der Waals surface area contributed by atoms with Crippen LogP contribution in [-0.2, 0) is 4.79 Å². The molecule has 0 atom stereocenters. The summed E-state index contributed by atoms with van der Waals surface area (Å²) in [5.74, 6) is 1.71. The lowest BCUT2D eigenvalue weighted by molar-refractivity contribution is -0.128. The van der Waals surface area contributed by atoms with Crippen LogP contribution in [0.25, 0.3) is 0 Å². The summed E-state index contributed by atoms with van der Waals surface area (Å²) in [6.07, 6.45) is 0. The molecular weight excluding hydrogens is 316 g/mol. The third-order valence-electron chi connectivity index (χ3n) is 3.48. The average molecular weight is 348 g/mol. The van der Waals surface area contributed by atoms with E-state index < -0.39 is 0 Å². The number of carbonyl (C=O) groups excluding carboxylic acids is 1. The molecular formula is C19H32N4O2. The molecule has 0 unspecified atom stereocenters. The molecule has 140 valence electrons. The van der Waals surface area contributed by atoms with Crippen LogP contribution < -0.4 is 15.4 Å². The summed E-state index contributed by atoms with van der Waals surface area (Å²) in [5, 5.41) is 6.16. The topological polar surface area (TPSA) is 66.0 Å². The maximum Gasteiger partial charge on any atom is 0.225 e. The van der Waals surface area contributed by atoms with Gasteiger partial charge in [0.05, 0.1) is 13.1 Å². The van der Waals surface area contributed by atoms with Crippen molar-refractivity contribution in [1.82, 2.24) is 15.5 Å². The van der Waals surface area contributed by atoms with Crippen molar-refractivity contribution in [3.05, 3.63) is 30.3 Å². The zero-order valence-electron chi connectivity index (χ0n) is 16.1. The van der Waals surface area contributed by atoms with E-state index in [2.05, 4.69) is 15.6 Å². The van der Waals surface area contributed by atoms with E-state index in [0.717, 1.165) is 24.8 Å². The van der Waals surface area contributed by atoms with Gasteiger partial charge in [0.15, 0.2) is 5.96 Å². The number of hydrogen-bond donors (Lipinski definition) is 2. The van der Waals surface area contributed by atoms with Gasteiger partial charge in [-0.1, -0.05) is 39.0 Å². The Hall–Kier alpha value is -2.24. The van der Waals surface area contributed by atoms with Crippen molar-refractivity contribution >= 4 is 11.9 Å². The molecule has 0 heterocycles. The van der Waals surface area contributed by atoms with Gasteiger partial charge in [0, 0.05) is 25.6 Å². The number of rotatable bonds is 8. The number of carbonyl (C=O) groups is 1. The highest BCUT2D eigenvalue weighted by Crippen LogP contribution is 2.11. The van der Waals surface area contributed by atoms with E-state index in [1.165, 1.54) is 0 Å². The molecule has 6 heteroatoms. The van der Waals surface area contributed by atoms with Gasteiger partial charge in [-0.15, -0.1) is 0 Å². The molecule has 0 spiro atoms. The minimum Gasteiger partial charge on any atom is -0.492 e.